The Morgan fingerprint density at radius 2 is 1.90 bits per heavy atom. The Morgan fingerprint density at radius 1 is 1.17 bits per heavy atom. The molecule has 2 aromatic rings. The number of hydrogen-bond acceptors (Lipinski definition) is 6. The summed E-state index contributed by atoms with van der Waals surface area (Å²) in [6.07, 6.45) is 6.36. The van der Waals surface area contributed by atoms with Crippen molar-refractivity contribution in [2.24, 2.45) is 28.8 Å². The van der Waals surface area contributed by atoms with Gasteiger partial charge in [0.05, 0.1) is 30.2 Å². The molecule has 0 unspecified atom stereocenters. The zero-order chi connectivity index (χ0) is 20.8. The van der Waals surface area contributed by atoms with Gasteiger partial charge in [0.2, 0.25) is 0 Å². The largest absolute Gasteiger partial charge is 0.462 e. The second-order valence-corrected chi connectivity index (χ2v) is 7.74. The number of imide groups is 1. The molecule has 30 heavy (non-hydrogen) atoms. The molecule has 1 aliphatic heterocycles. The van der Waals surface area contributed by atoms with Gasteiger partial charge >= 0.3 is 5.97 Å². The minimum Gasteiger partial charge on any atom is -0.462 e. The van der Waals surface area contributed by atoms with Gasteiger partial charge in [0.25, 0.3) is 11.8 Å². The van der Waals surface area contributed by atoms with E-state index in [1.54, 1.807) is 37.3 Å². The van der Waals surface area contributed by atoms with E-state index in [1.165, 1.54) is 6.21 Å². The lowest BCUT2D eigenvalue weighted by Crippen LogP contribution is -2.28. The first kappa shape index (κ1) is 18.5. The van der Waals surface area contributed by atoms with Crippen LogP contribution in [0.4, 0.5) is 0 Å². The molecule has 7 nitrogen and oxygen atoms in total. The highest BCUT2D eigenvalue weighted by Crippen LogP contribution is 2.52. The summed E-state index contributed by atoms with van der Waals surface area (Å²) < 4.78 is 10.8. The molecule has 1 saturated carbocycles. The zero-order valence-corrected chi connectivity index (χ0v) is 16.4. The standard InChI is InChI=1S/C23H20N2O5/c1-2-29-23(28)16-5-3-4-13(10-16)18-9-8-17(30-18)12-24-25-21(26)19-14-6-7-15(11-14)20(19)22(25)27/h3-10,12,14-15,19-20H,2,11H2,1H3/b24-12-/t14-,15-,19+,20+/m0/s1. The Hall–Kier alpha value is -3.48. The molecule has 2 heterocycles. The molecule has 7 heteroatoms. The summed E-state index contributed by atoms with van der Waals surface area (Å²) in [4.78, 5) is 37.3. The number of carbonyl (C=O) groups excluding carboxylic acids is 3. The van der Waals surface area contributed by atoms with Crippen molar-refractivity contribution >= 4 is 24.0 Å². The fraction of sp³-hybridized carbons (Fsp3) is 0.304. The van der Waals surface area contributed by atoms with Gasteiger partial charge in [0.1, 0.15) is 11.5 Å². The van der Waals surface area contributed by atoms with Gasteiger partial charge in [0.15, 0.2) is 0 Å². The third-order valence-corrected chi connectivity index (χ3v) is 6.03. The number of allylic oxidation sites excluding steroid dienone is 2. The molecule has 0 radical (unpaired) electrons. The molecule has 0 spiro atoms. The highest BCUT2D eigenvalue weighted by atomic mass is 16.5. The topological polar surface area (TPSA) is 89.2 Å². The molecule has 2 fully saturated rings. The monoisotopic (exact) mass is 404 g/mol. The summed E-state index contributed by atoms with van der Waals surface area (Å²) in [6.45, 7) is 2.06. The van der Waals surface area contributed by atoms with Crippen molar-refractivity contribution in [3.63, 3.8) is 0 Å². The minimum atomic E-state index is -0.396. The van der Waals surface area contributed by atoms with Gasteiger partial charge in [-0.15, -0.1) is 0 Å². The van der Waals surface area contributed by atoms with Crippen molar-refractivity contribution < 1.29 is 23.5 Å². The van der Waals surface area contributed by atoms with E-state index in [0.29, 0.717) is 29.3 Å². The summed E-state index contributed by atoms with van der Waals surface area (Å²) >= 11 is 0. The van der Waals surface area contributed by atoms with Crippen LogP contribution in [0, 0.1) is 23.7 Å². The number of fused-ring (bicyclic) bond motifs is 5. The van der Waals surface area contributed by atoms with E-state index in [0.717, 1.165) is 11.4 Å². The fourth-order valence-electron chi connectivity index (χ4n) is 4.71. The van der Waals surface area contributed by atoms with E-state index in [1.807, 2.05) is 18.2 Å². The molecule has 2 aliphatic carbocycles. The second kappa shape index (κ2) is 7.09. The normalized spacial score (nSPS) is 26.8. The third kappa shape index (κ3) is 2.89. The average molecular weight is 404 g/mol. The number of hydrogen-bond donors (Lipinski definition) is 0. The lowest BCUT2D eigenvalue weighted by Gasteiger charge is -2.13. The highest BCUT2D eigenvalue weighted by molar-refractivity contribution is 6.06. The van der Waals surface area contributed by atoms with Gasteiger partial charge in [-0.1, -0.05) is 24.3 Å². The third-order valence-electron chi connectivity index (χ3n) is 6.03. The number of nitrogens with zero attached hydrogens (tertiary/aromatic N) is 2. The molecule has 3 aliphatic rings. The molecule has 2 amide bonds. The van der Waals surface area contributed by atoms with Crippen LogP contribution in [0.5, 0.6) is 0 Å². The predicted molar refractivity (Wildman–Crippen MR) is 107 cm³/mol. The number of rotatable bonds is 5. The smallest absolute Gasteiger partial charge is 0.338 e. The lowest BCUT2D eigenvalue weighted by molar-refractivity contribution is -0.140. The van der Waals surface area contributed by atoms with Crippen LogP contribution in [0.3, 0.4) is 0 Å². The van der Waals surface area contributed by atoms with Crippen LogP contribution in [-0.4, -0.2) is 35.6 Å². The zero-order valence-electron chi connectivity index (χ0n) is 16.4. The Morgan fingerprint density at radius 3 is 2.60 bits per heavy atom. The minimum absolute atomic E-state index is 0.151. The van der Waals surface area contributed by atoms with Crippen molar-refractivity contribution in [1.29, 1.82) is 0 Å². The van der Waals surface area contributed by atoms with Crippen molar-refractivity contribution in [2.75, 3.05) is 6.61 Å². The van der Waals surface area contributed by atoms with E-state index in [4.69, 9.17) is 9.15 Å². The first-order valence-electron chi connectivity index (χ1n) is 10.0. The molecule has 5 rings (SSSR count). The summed E-state index contributed by atoms with van der Waals surface area (Å²) in [7, 11) is 0. The van der Waals surface area contributed by atoms with Gasteiger partial charge < -0.3 is 9.15 Å². The van der Waals surface area contributed by atoms with E-state index in [9.17, 15) is 14.4 Å². The molecule has 4 atom stereocenters. The van der Waals surface area contributed by atoms with Crippen LogP contribution in [0.2, 0.25) is 0 Å². The van der Waals surface area contributed by atoms with Crippen molar-refractivity contribution in [2.45, 2.75) is 13.3 Å². The number of amides is 2. The molecule has 1 aromatic carbocycles. The number of benzene rings is 1. The number of carbonyl (C=O) groups is 3. The van der Waals surface area contributed by atoms with Gasteiger partial charge in [-0.2, -0.15) is 10.1 Å². The highest BCUT2D eigenvalue weighted by Gasteiger charge is 2.59. The SMILES string of the molecule is CCOC(=O)c1cccc(-c2ccc(/C=N\N3C(=O)[C@H]4[C@H](C3=O)[C@H]3C=C[C@H]4C3)o2)c1. The van der Waals surface area contributed by atoms with Crippen LogP contribution >= 0.6 is 0 Å². The molecule has 0 N–H and O–H groups in total. The number of hydrazone groups is 1. The molecule has 1 saturated heterocycles. The van der Waals surface area contributed by atoms with Crippen molar-refractivity contribution in [3.8, 4) is 11.3 Å². The quantitative estimate of drug-likeness (QED) is 0.330. The van der Waals surface area contributed by atoms with Crippen LogP contribution in [0.1, 0.15) is 29.5 Å². The summed E-state index contributed by atoms with van der Waals surface area (Å²) in [6, 6.07) is 10.4. The van der Waals surface area contributed by atoms with E-state index >= 15 is 0 Å². The Labute approximate surface area is 173 Å². The summed E-state index contributed by atoms with van der Waals surface area (Å²) in [5.41, 5.74) is 1.15. The van der Waals surface area contributed by atoms with Gasteiger partial charge in [-0.25, -0.2) is 4.79 Å². The predicted octanol–water partition coefficient (Wildman–Crippen LogP) is 3.26. The van der Waals surface area contributed by atoms with Crippen LogP contribution in [0.15, 0.2) is 58.1 Å². The Balaban J connectivity index is 1.33. The van der Waals surface area contributed by atoms with E-state index in [-0.39, 0.29) is 35.5 Å². The molecule has 152 valence electrons. The average Bonchev–Trinajstić information content (AvgIpc) is 3.52. The van der Waals surface area contributed by atoms with Crippen molar-refractivity contribution in [3.05, 3.63) is 59.9 Å². The lowest BCUT2D eigenvalue weighted by atomic mass is 9.85. The molecule has 1 aromatic heterocycles. The van der Waals surface area contributed by atoms with Crippen LogP contribution in [0.25, 0.3) is 11.3 Å². The van der Waals surface area contributed by atoms with Gasteiger partial charge in [-0.3, -0.25) is 9.59 Å². The maximum Gasteiger partial charge on any atom is 0.338 e. The number of esters is 1. The van der Waals surface area contributed by atoms with Gasteiger partial charge in [0, 0.05) is 5.56 Å². The fourth-order valence-corrected chi connectivity index (χ4v) is 4.71. The first-order chi connectivity index (χ1) is 14.6. The maximum absolute atomic E-state index is 12.7. The Bertz CT molecular complexity index is 1070. The van der Waals surface area contributed by atoms with Gasteiger partial charge in [-0.05, 0) is 49.4 Å². The maximum atomic E-state index is 12.7. The number of ether oxygens (including phenoxy) is 1. The molecular weight excluding hydrogens is 384 g/mol. The first-order valence-corrected chi connectivity index (χ1v) is 10.0. The molecule has 2 bridgehead atoms. The van der Waals surface area contributed by atoms with Crippen molar-refractivity contribution in [1.82, 2.24) is 5.01 Å². The second-order valence-electron chi connectivity index (χ2n) is 7.74. The van der Waals surface area contributed by atoms with Crippen LogP contribution < -0.4 is 0 Å². The Kier molecular flexibility index (Phi) is 4.38. The van der Waals surface area contributed by atoms with E-state index in [2.05, 4.69) is 5.10 Å². The van der Waals surface area contributed by atoms with Crippen LogP contribution in [-0.2, 0) is 14.3 Å². The summed E-state index contributed by atoms with van der Waals surface area (Å²) in [5.74, 6) is -0.153. The van der Waals surface area contributed by atoms with E-state index < -0.39 is 5.97 Å². The molecular formula is C23H20N2O5. The number of furan rings is 1. The summed E-state index contributed by atoms with van der Waals surface area (Å²) in [5, 5.41) is 5.12.